The van der Waals surface area contributed by atoms with E-state index < -0.39 is 0 Å². The summed E-state index contributed by atoms with van der Waals surface area (Å²) >= 11 is 0. The molecular formula is C14H17NO4. The molecule has 1 aromatic heterocycles. The van der Waals surface area contributed by atoms with E-state index in [0.717, 1.165) is 22.3 Å². The van der Waals surface area contributed by atoms with Gasteiger partial charge in [0.15, 0.2) is 0 Å². The molecule has 0 fully saturated rings. The van der Waals surface area contributed by atoms with E-state index in [1.54, 1.807) is 14.2 Å². The predicted octanol–water partition coefficient (Wildman–Crippen LogP) is 2.14. The molecule has 1 aromatic carbocycles. The molecule has 0 radical (unpaired) electrons. The minimum atomic E-state index is -0.289. The van der Waals surface area contributed by atoms with Gasteiger partial charge in [0.2, 0.25) is 0 Å². The van der Waals surface area contributed by atoms with Gasteiger partial charge in [-0.25, -0.2) is 0 Å². The Kier molecular flexibility index (Phi) is 3.64. The maximum Gasteiger partial charge on any atom is 0.325 e. The Morgan fingerprint density at radius 3 is 2.47 bits per heavy atom. The lowest BCUT2D eigenvalue weighted by Crippen LogP contribution is -2.12. The van der Waals surface area contributed by atoms with Gasteiger partial charge in [0.1, 0.15) is 18.0 Å². The van der Waals surface area contributed by atoms with E-state index in [-0.39, 0.29) is 12.5 Å². The zero-order valence-corrected chi connectivity index (χ0v) is 11.5. The van der Waals surface area contributed by atoms with Gasteiger partial charge >= 0.3 is 5.97 Å². The lowest BCUT2D eigenvalue weighted by atomic mass is 10.2. The van der Waals surface area contributed by atoms with Gasteiger partial charge in [-0.05, 0) is 13.0 Å². The Morgan fingerprint density at radius 1 is 1.16 bits per heavy atom. The zero-order chi connectivity index (χ0) is 14.0. The van der Waals surface area contributed by atoms with Crippen LogP contribution in [0.2, 0.25) is 0 Å². The first kappa shape index (κ1) is 13.3. The lowest BCUT2D eigenvalue weighted by molar-refractivity contribution is -0.141. The summed E-state index contributed by atoms with van der Waals surface area (Å²) in [6, 6.07) is 5.69. The van der Waals surface area contributed by atoms with Crippen molar-refractivity contribution in [2.24, 2.45) is 0 Å². The summed E-state index contributed by atoms with van der Waals surface area (Å²) in [6.07, 6.45) is 0. The van der Waals surface area contributed by atoms with E-state index in [1.165, 1.54) is 7.11 Å². The topological polar surface area (TPSA) is 49.7 Å². The molecule has 0 aliphatic heterocycles. The van der Waals surface area contributed by atoms with E-state index in [9.17, 15) is 4.79 Å². The largest absolute Gasteiger partial charge is 0.497 e. The van der Waals surface area contributed by atoms with Crippen molar-refractivity contribution in [2.75, 3.05) is 21.3 Å². The Balaban J connectivity index is 2.63. The number of ether oxygens (including phenoxy) is 3. The fourth-order valence-corrected chi connectivity index (χ4v) is 2.12. The van der Waals surface area contributed by atoms with Crippen LogP contribution in [0.15, 0.2) is 18.2 Å². The first-order valence-electron chi connectivity index (χ1n) is 5.89. The molecule has 19 heavy (non-hydrogen) atoms. The van der Waals surface area contributed by atoms with Gasteiger partial charge in [0, 0.05) is 23.2 Å². The standard InChI is InChI=1S/C14H17NO4/c1-9-5-11-12(15(9)8-14(16)19-4)6-10(17-2)7-13(11)18-3/h5-7H,8H2,1-4H3. The number of benzene rings is 1. The number of carbonyl (C=O) groups excluding carboxylic acids is 1. The number of nitrogens with zero attached hydrogens (tertiary/aromatic N) is 1. The number of esters is 1. The van der Waals surface area contributed by atoms with Crippen molar-refractivity contribution in [2.45, 2.75) is 13.5 Å². The fraction of sp³-hybridized carbons (Fsp3) is 0.357. The van der Waals surface area contributed by atoms with Crippen LogP contribution in [0.25, 0.3) is 10.9 Å². The average molecular weight is 263 g/mol. The van der Waals surface area contributed by atoms with Gasteiger partial charge in [-0.15, -0.1) is 0 Å². The molecule has 0 aliphatic rings. The molecule has 5 heteroatoms. The highest BCUT2D eigenvalue weighted by molar-refractivity contribution is 5.90. The second-order valence-corrected chi connectivity index (χ2v) is 4.21. The molecule has 2 aromatic rings. The highest BCUT2D eigenvalue weighted by Gasteiger charge is 2.14. The van der Waals surface area contributed by atoms with Crippen LogP contribution in [0.1, 0.15) is 5.69 Å². The number of methoxy groups -OCH3 is 3. The van der Waals surface area contributed by atoms with Crippen LogP contribution in [0, 0.1) is 6.92 Å². The number of hydrogen-bond donors (Lipinski definition) is 0. The number of carbonyl (C=O) groups is 1. The molecule has 0 amide bonds. The molecular weight excluding hydrogens is 246 g/mol. The maximum atomic E-state index is 11.5. The number of rotatable bonds is 4. The Hall–Kier alpha value is -2.17. The molecule has 0 atom stereocenters. The molecule has 5 nitrogen and oxygen atoms in total. The Labute approximate surface area is 111 Å². The van der Waals surface area contributed by atoms with Gasteiger partial charge in [-0.1, -0.05) is 0 Å². The van der Waals surface area contributed by atoms with Crippen molar-refractivity contribution in [3.63, 3.8) is 0 Å². The third kappa shape index (κ3) is 2.36. The third-order valence-corrected chi connectivity index (χ3v) is 3.13. The molecule has 0 spiro atoms. The quantitative estimate of drug-likeness (QED) is 0.793. The van der Waals surface area contributed by atoms with Gasteiger partial charge in [-0.3, -0.25) is 4.79 Å². The van der Waals surface area contributed by atoms with Crippen molar-refractivity contribution >= 4 is 16.9 Å². The van der Waals surface area contributed by atoms with Crippen LogP contribution in [0.4, 0.5) is 0 Å². The monoisotopic (exact) mass is 263 g/mol. The molecule has 2 rings (SSSR count). The van der Waals surface area contributed by atoms with E-state index in [4.69, 9.17) is 14.2 Å². The van der Waals surface area contributed by atoms with E-state index >= 15 is 0 Å². The lowest BCUT2D eigenvalue weighted by Gasteiger charge is -2.09. The van der Waals surface area contributed by atoms with E-state index in [0.29, 0.717) is 5.75 Å². The molecule has 102 valence electrons. The first-order valence-corrected chi connectivity index (χ1v) is 5.89. The normalized spacial score (nSPS) is 10.5. The average Bonchev–Trinajstić information content (AvgIpc) is 2.74. The van der Waals surface area contributed by atoms with E-state index in [2.05, 4.69) is 0 Å². The molecule has 0 bridgehead atoms. The smallest absolute Gasteiger partial charge is 0.325 e. The molecule has 0 saturated carbocycles. The molecule has 0 unspecified atom stereocenters. The van der Waals surface area contributed by atoms with Crippen molar-refractivity contribution < 1.29 is 19.0 Å². The van der Waals surface area contributed by atoms with Crippen LogP contribution < -0.4 is 9.47 Å². The van der Waals surface area contributed by atoms with Crippen LogP contribution in [0.5, 0.6) is 11.5 Å². The van der Waals surface area contributed by atoms with Crippen LogP contribution in [0.3, 0.4) is 0 Å². The van der Waals surface area contributed by atoms with Crippen LogP contribution in [-0.2, 0) is 16.1 Å². The molecule has 0 aliphatic carbocycles. The second-order valence-electron chi connectivity index (χ2n) is 4.21. The van der Waals surface area contributed by atoms with Crippen LogP contribution >= 0.6 is 0 Å². The minimum Gasteiger partial charge on any atom is -0.497 e. The Bertz CT molecular complexity index is 615. The van der Waals surface area contributed by atoms with Crippen LogP contribution in [-0.4, -0.2) is 31.9 Å². The summed E-state index contributed by atoms with van der Waals surface area (Å²) in [4.78, 5) is 11.5. The Morgan fingerprint density at radius 2 is 1.89 bits per heavy atom. The summed E-state index contributed by atoms with van der Waals surface area (Å²) in [5, 5.41) is 0.949. The van der Waals surface area contributed by atoms with Gasteiger partial charge in [-0.2, -0.15) is 0 Å². The maximum absolute atomic E-state index is 11.5. The van der Waals surface area contributed by atoms with Gasteiger partial charge < -0.3 is 18.8 Å². The number of aromatic nitrogens is 1. The third-order valence-electron chi connectivity index (χ3n) is 3.13. The van der Waals surface area contributed by atoms with Crippen molar-refractivity contribution in [1.29, 1.82) is 0 Å². The summed E-state index contributed by atoms with van der Waals surface area (Å²) in [7, 11) is 4.59. The number of aryl methyl sites for hydroxylation is 1. The SMILES string of the molecule is COC(=O)Cn1c(C)cc2c(OC)cc(OC)cc21. The fourth-order valence-electron chi connectivity index (χ4n) is 2.12. The summed E-state index contributed by atoms with van der Waals surface area (Å²) < 4.78 is 17.2. The summed E-state index contributed by atoms with van der Waals surface area (Å²) in [5.74, 6) is 1.12. The summed E-state index contributed by atoms with van der Waals surface area (Å²) in [6.45, 7) is 2.11. The minimum absolute atomic E-state index is 0.169. The number of fused-ring (bicyclic) bond motifs is 1. The molecule has 1 heterocycles. The zero-order valence-electron chi connectivity index (χ0n) is 11.5. The highest BCUT2D eigenvalue weighted by atomic mass is 16.5. The van der Waals surface area contributed by atoms with Gasteiger partial charge in [0.25, 0.3) is 0 Å². The molecule has 0 saturated heterocycles. The van der Waals surface area contributed by atoms with Crippen molar-refractivity contribution in [3.8, 4) is 11.5 Å². The van der Waals surface area contributed by atoms with Crippen molar-refractivity contribution in [3.05, 3.63) is 23.9 Å². The van der Waals surface area contributed by atoms with Crippen molar-refractivity contribution in [1.82, 2.24) is 4.57 Å². The highest BCUT2D eigenvalue weighted by Crippen LogP contribution is 2.33. The number of hydrogen-bond acceptors (Lipinski definition) is 4. The molecule has 0 N–H and O–H groups in total. The second kappa shape index (κ2) is 5.22. The summed E-state index contributed by atoms with van der Waals surface area (Å²) in [5.41, 5.74) is 1.85. The first-order chi connectivity index (χ1) is 9.10. The predicted molar refractivity (Wildman–Crippen MR) is 71.8 cm³/mol. The van der Waals surface area contributed by atoms with Gasteiger partial charge in [0.05, 0.1) is 26.8 Å². The van der Waals surface area contributed by atoms with E-state index in [1.807, 2.05) is 29.7 Å².